The molecule has 1 saturated carbocycles. The average molecular weight is 277 g/mol. The van der Waals surface area contributed by atoms with Crippen LogP contribution in [-0.2, 0) is 11.3 Å². The minimum atomic E-state index is 0.135. The number of hydrogen-bond donors (Lipinski definition) is 1. The first-order valence-corrected chi connectivity index (χ1v) is 8.04. The van der Waals surface area contributed by atoms with Gasteiger partial charge in [-0.1, -0.05) is 19.3 Å². The van der Waals surface area contributed by atoms with Gasteiger partial charge in [0, 0.05) is 24.4 Å². The summed E-state index contributed by atoms with van der Waals surface area (Å²) in [5.41, 5.74) is 9.55. The van der Waals surface area contributed by atoms with Crippen LogP contribution in [-0.4, -0.2) is 22.0 Å². The molecule has 2 N–H and O–H groups in total. The van der Waals surface area contributed by atoms with Crippen molar-refractivity contribution in [3.05, 3.63) is 17.0 Å². The van der Waals surface area contributed by atoms with Gasteiger partial charge in [0.05, 0.1) is 17.3 Å². The van der Waals surface area contributed by atoms with Crippen LogP contribution in [0.5, 0.6) is 0 Å². The van der Waals surface area contributed by atoms with Gasteiger partial charge in [-0.2, -0.15) is 5.10 Å². The van der Waals surface area contributed by atoms with E-state index in [0.29, 0.717) is 12.6 Å². The highest BCUT2D eigenvalue weighted by Crippen LogP contribution is 2.42. The van der Waals surface area contributed by atoms with Gasteiger partial charge in [0.2, 0.25) is 0 Å². The number of aryl methyl sites for hydroxylation is 1. The van der Waals surface area contributed by atoms with E-state index in [0.717, 1.165) is 25.1 Å². The molecular weight excluding hydrogens is 250 g/mol. The van der Waals surface area contributed by atoms with Crippen molar-refractivity contribution in [3.63, 3.8) is 0 Å². The maximum absolute atomic E-state index is 6.20. The number of rotatable bonds is 2. The molecule has 0 bridgehead atoms. The lowest BCUT2D eigenvalue weighted by Crippen LogP contribution is -2.42. The summed E-state index contributed by atoms with van der Waals surface area (Å²) in [4.78, 5) is 0. The first-order chi connectivity index (χ1) is 9.65. The fourth-order valence-corrected chi connectivity index (χ4v) is 4.10. The zero-order valence-electron chi connectivity index (χ0n) is 12.8. The number of aromatic nitrogens is 2. The predicted molar refractivity (Wildman–Crippen MR) is 79.6 cm³/mol. The Morgan fingerprint density at radius 3 is 2.70 bits per heavy atom. The summed E-state index contributed by atoms with van der Waals surface area (Å²) in [6.45, 7) is 5.69. The Labute approximate surface area is 121 Å². The minimum Gasteiger partial charge on any atom is -0.375 e. The maximum Gasteiger partial charge on any atom is 0.0703 e. The molecule has 0 amide bonds. The van der Waals surface area contributed by atoms with Gasteiger partial charge >= 0.3 is 0 Å². The third-order valence-corrected chi connectivity index (χ3v) is 5.26. The molecule has 1 aromatic rings. The Morgan fingerprint density at radius 1 is 1.30 bits per heavy atom. The zero-order chi connectivity index (χ0) is 14.2. The second-order valence-electron chi connectivity index (χ2n) is 6.54. The molecule has 1 spiro atoms. The van der Waals surface area contributed by atoms with Gasteiger partial charge in [-0.15, -0.1) is 0 Å². The second-order valence-corrected chi connectivity index (χ2v) is 6.54. The third-order valence-electron chi connectivity index (χ3n) is 5.26. The summed E-state index contributed by atoms with van der Waals surface area (Å²) >= 11 is 0. The van der Waals surface area contributed by atoms with E-state index in [2.05, 4.69) is 18.5 Å². The molecule has 112 valence electrons. The summed E-state index contributed by atoms with van der Waals surface area (Å²) in [6.07, 6.45) is 8.66. The lowest BCUT2D eigenvalue weighted by Gasteiger charge is -2.43. The van der Waals surface area contributed by atoms with Crippen LogP contribution < -0.4 is 5.73 Å². The normalized spacial score (nSPS) is 26.1. The Morgan fingerprint density at radius 2 is 2.05 bits per heavy atom. The topological polar surface area (TPSA) is 53.1 Å². The molecule has 4 heteroatoms. The van der Waals surface area contributed by atoms with Crippen molar-refractivity contribution in [2.45, 2.75) is 77.0 Å². The van der Waals surface area contributed by atoms with E-state index in [9.17, 15) is 0 Å². The smallest absolute Gasteiger partial charge is 0.0703 e. The van der Waals surface area contributed by atoms with Gasteiger partial charge in [0.25, 0.3) is 0 Å². The van der Waals surface area contributed by atoms with Gasteiger partial charge in [0.1, 0.15) is 0 Å². The number of ether oxygens (including phenoxy) is 1. The van der Waals surface area contributed by atoms with Crippen LogP contribution in [0.4, 0.5) is 0 Å². The first-order valence-electron chi connectivity index (χ1n) is 8.04. The molecule has 1 unspecified atom stereocenters. The van der Waals surface area contributed by atoms with Gasteiger partial charge < -0.3 is 10.5 Å². The fourth-order valence-electron chi connectivity index (χ4n) is 4.10. The Balaban J connectivity index is 1.83. The summed E-state index contributed by atoms with van der Waals surface area (Å²) in [6, 6.07) is 0.487. The first kappa shape index (κ1) is 14.1. The van der Waals surface area contributed by atoms with E-state index in [-0.39, 0.29) is 5.60 Å². The molecule has 2 aliphatic rings. The van der Waals surface area contributed by atoms with Crippen LogP contribution in [0.25, 0.3) is 0 Å². The largest absolute Gasteiger partial charge is 0.375 e. The molecule has 2 heterocycles. The number of hydrogen-bond acceptors (Lipinski definition) is 3. The van der Waals surface area contributed by atoms with Crippen LogP contribution in [0.1, 0.15) is 67.9 Å². The Hall–Kier alpha value is -0.870. The van der Waals surface area contributed by atoms with E-state index in [1.165, 1.54) is 43.4 Å². The quantitative estimate of drug-likeness (QED) is 0.904. The van der Waals surface area contributed by atoms with Crippen LogP contribution in [0.3, 0.4) is 0 Å². The van der Waals surface area contributed by atoms with Gasteiger partial charge in [0.15, 0.2) is 0 Å². The highest BCUT2D eigenvalue weighted by molar-refractivity contribution is 5.24. The fraction of sp³-hybridized carbons (Fsp3) is 0.812. The molecule has 0 radical (unpaired) electrons. The molecule has 20 heavy (non-hydrogen) atoms. The van der Waals surface area contributed by atoms with E-state index in [1.54, 1.807) is 0 Å². The molecule has 1 aliphatic carbocycles. The summed E-state index contributed by atoms with van der Waals surface area (Å²) < 4.78 is 8.43. The SMILES string of the molecule is Cc1nn(C2CCOC3(CCCCC3)C2)c(C)c1CN. The minimum absolute atomic E-state index is 0.135. The predicted octanol–water partition coefficient (Wildman–Crippen LogP) is 3.01. The molecule has 1 aromatic heterocycles. The van der Waals surface area contributed by atoms with E-state index in [1.807, 2.05) is 0 Å². The molecular formula is C16H27N3O. The standard InChI is InChI=1S/C16H27N3O/c1-12-15(11-17)13(2)19(18-12)14-6-9-20-16(10-14)7-4-3-5-8-16/h14H,3-11,17H2,1-2H3. The van der Waals surface area contributed by atoms with Gasteiger partial charge in [-0.3, -0.25) is 4.68 Å². The third kappa shape index (κ3) is 2.40. The second kappa shape index (κ2) is 5.49. The number of nitrogens with two attached hydrogens (primary N) is 1. The summed E-state index contributed by atoms with van der Waals surface area (Å²) in [5.74, 6) is 0. The van der Waals surface area contributed by atoms with Crippen LogP contribution in [0, 0.1) is 13.8 Å². The lowest BCUT2D eigenvalue weighted by molar-refractivity contribution is -0.115. The van der Waals surface area contributed by atoms with Crippen molar-refractivity contribution in [3.8, 4) is 0 Å². The van der Waals surface area contributed by atoms with Crippen molar-refractivity contribution in [1.29, 1.82) is 0 Å². The Kier molecular flexibility index (Phi) is 3.87. The molecule has 3 rings (SSSR count). The van der Waals surface area contributed by atoms with Crippen molar-refractivity contribution in [2.24, 2.45) is 5.73 Å². The van der Waals surface area contributed by atoms with Crippen molar-refractivity contribution >= 4 is 0 Å². The van der Waals surface area contributed by atoms with Crippen LogP contribution in [0.2, 0.25) is 0 Å². The summed E-state index contributed by atoms with van der Waals surface area (Å²) in [5, 5.41) is 4.76. The maximum atomic E-state index is 6.20. The number of nitrogens with zero attached hydrogens (tertiary/aromatic N) is 2. The molecule has 0 aromatic carbocycles. The highest BCUT2D eigenvalue weighted by Gasteiger charge is 2.39. The van der Waals surface area contributed by atoms with Crippen molar-refractivity contribution in [1.82, 2.24) is 9.78 Å². The molecule has 1 aliphatic heterocycles. The molecule has 4 nitrogen and oxygen atoms in total. The average Bonchev–Trinajstić information content (AvgIpc) is 2.74. The van der Waals surface area contributed by atoms with Gasteiger partial charge in [-0.05, 0) is 39.5 Å². The highest BCUT2D eigenvalue weighted by atomic mass is 16.5. The molecule has 1 saturated heterocycles. The monoisotopic (exact) mass is 277 g/mol. The van der Waals surface area contributed by atoms with Crippen LogP contribution >= 0.6 is 0 Å². The zero-order valence-corrected chi connectivity index (χ0v) is 12.8. The van der Waals surface area contributed by atoms with E-state index >= 15 is 0 Å². The van der Waals surface area contributed by atoms with Crippen LogP contribution in [0.15, 0.2) is 0 Å². The summed E-state index contributed by atoms with van der Waals surface area (Å²) in [7, 11) is 0. The van der Waals surface area contributed by atoms with Crippen molar-refractivity contribution in [2.75, 3.05) is 6.61 Å². The Bertz CT molecular complexity index is 469. The van der Waals surface area contributed by atoms with E-state index < -0.39 is 0 Å². The molecule has 2 fully saturated rings. The van der Waals surface area contributed by atoms with E-state index in [4.69, 9.17) is 15.6 Å². The van der Waals surface area contributed by atoms with Gasteiger partial charge in [-0.25, -0.2) is 0 Å². The molecule has 1 atom stereocenters. The van der Waals surface area contributed by atoms with Crippen molar-refractivity contribution < 1.29 is 4.74 Å². The lowest BCUT2D eigenvalue weighted by atomic mass is 9.78.